The van der Waals surface area contributed by atoms with Gasteiger partial charge in [0.2, 0.25) is 5.88 Å². The molecule has 0 radical (unpaired) electrons. The van der Waals surface area contributed by atoms with Gasteiger partial charge in [0, 0.05) is 43.4 Å². The van der Waals surface area contributed by atoms with Gasteiger partial charge in [0.1, 0.15) is 11.6 Å². The van der Waals surface area contributed by atoms with Crippen molar-refractivity contribution in [2.24, 2.45) is 11.8 Å². The van der Waals surface area contributed by atoms with E-state index in [-0.39, 0.29) is 17.3 Å². The number of fused-ring (bicyclic) bond motifs is 1. The van der Waals surface area contributed by atoms with E-state index in [4.69, 9.17) is 4.74 Å². The molecule has 1 saturated heterocycles. The zero-order valence-electron chi connectivity index (χ0n) is 18.1. The monoisotopic (exact) mass is 455 g/mol. The standard InChI is InChI=1S/C24H24F3N5O/c1-33-23-4-2-3-17(29-23)13-32-11-14-7-18(8-15(14)12-32)28-22-6-5-21(30-31-22)19-9-16(25)10-20(26)24(19)27/h2-6,9-10,14-15,18H,7-8,11-13H2,1H3,(H,28,31)/t14-,15+,18?. The molecule has 0 spiro atoms. The van der Waals surface area contributed by atoms with Crippen LogP contribution in [0.15, 0.2) is 42.5 Å². The Morgan fingerprint density at radius 1 is 1.03 bits per heavy atom. The van der Waals surface area contributed by atoms with Gasteiger partial charge < -0.3 is 10.1 Å². The van der Waals surface area contributed by atoms with Gasteiger partial charge in [-0.05, 0) is 48.9 Å². The number of benzene rings is 1. The summed E-state index contributed by atoms with van der Waals surface area (Å²) in [6.07, 6.45) is 2.06. The Morgan fingerprint density at radius 3 is 2.52 bits per heavy atom. The number of aromatic nitrogens is 3. The van der Waals surface area contributed by atoms with Crippen LogP contribution in [0.5, 0.6) is 5.88 Å². The number of rotatable bonds is 6. The first-order valence-electron chi connectivity index (χ1n) is 11.0. The predicted molar refractivity (Wildman–Crippen MR) is 117 cm³/mol. The molecule has 6 nitrogen and oxygen atoms in total. The molecule has 2 aliphatic rings. The van der Waals surface area contributed by atoms with E-state index >= 15 is 0 Å². The minimum Gasteiger partial charge on any atom is -0.481 e. The first-order valence-corrected chi connectivity index (χ1v) is 11.0. The van der Waals surface area contributed by atoms with Gasteiger partial charge in [-0.1, -0.05) is 6.07 Å². The van der Waals surface area contributed by atoms with Crippen molar-refractivity contribution in [1.29, 1.82) is 0 Å². The molecular weight excluding hydrogens is 431 g/mol. The summed E-state index contributed by atoms with van der Waals surface area (Å²) in [7, 11) is 1.62. The van der Waals surface area contributed by atoms with Crippen LogP contribution in [0.25, 0.3) is 11.3 Å². The van der Waals surface area contributed by atoms with Crippen LogP contribution in [0.1, 0.15) is 18.5 Å². The summed E-state index contributed by atoms with van der Waals surface area (Å²) in [6.45, 7) is 2.86. The van der Waals surface area contributed by atoms with Crippen molar-refractivity contribution in [3.8, 4) is 17.1 Å². The highest BCUT2D eigenvalue weighted by molar-refractivity contribution is 5.60. The summed E-state index contributed by atoms with van der Waals surface area (Å²) in [6, 6.07) is 10.7. The van der Waals surface area contributed by atoms with E-state index in [0.29, 0.717) is 29.6 Å². The fourth-order valence-corrected chi connectivity index (χ4v) is 5.04. The van der Waals surface area contributed by atoms with Crippen molar-refractivity contribution >= 4 is 5.82 Å². The molecule has 1 aromatic carbocycles. The second-order valence-electron chi connectivity index (χ2n) is 8.75. The minimum atomic E-state index is -1.25. The van der Waals surface area contributed by atoms with Gasteiger partial charge >= 0.3 is 0 Å². The van der Waals surface area contributed by atoms with Gasteiger partial charge in [-0.25, -0.2) is 18.2 Å². The maximum atomic E-state index is 14.0. The Hall–Kier alpha value is -3.20. The predicted octanol–water partition coefficient (Wildman–Crippen LogP) is 4.29. The number of ether oxygens (including phenoxy) is 1. The second-order valence-corrected chi connectivity index (χ2v) is 8.75. The zero-order chi connectivity index (χ0) is 22.9. The van der Waals surface area contributed by atoms with Gasteiger partial charge in [0.15, 0.2) is 11.6 Å². The summed E-state index contributed by atoms with van der Waals surface area (Å²) in [5.74, 6) is -0.838. The highest BCUT2D eigenvalue weighted by Gasteiger charge is 2.40. The Bertz CT molecular complexity index is 1130. The molecule has 1 aliphatic carbocycles. The summed E-state index contributed by atoms with van der Waals surface area (Å²) < 4.78 is 46.2. The number of pyridine rings is 1. The molecule has 5 rings (SSSR count). The third-order valence-corrected chi connectivity index (χ3v) is 6.49. The highest BCUT2D eigenvalue weighted by atomic mass is 19.2. The van der Waals surface area contributed by atoms with Crippen LogP contribution in [0.2, 0.25) is 0 Å². The third kappa shape index (κ3) is 4.64. The molecule has 1 N–H and O–H groups in total. The minimum absolute atomic E-state index is 0.0848. The average Bonchev–Trinajstić information content (AvgIpc) is 3.34. The van der Waals surface area contributed by atoms with Crippen LogP contribution in [-0.4, -0.2) is 46.3 Å². The van der Waals surface area contributed by atoms with Gasteiger partial charge in [0.25, 0.3) is 0 Å². The van der Waals surface area contributed by atoms with Gasteiger partial charge in [-0.3, -0.25) is 4.90 Å². The van der Waals surface area contributed by atoms with E-state index in [1.165, 1.54) is 6.07 Å². The second kappa shape index (κ2) is 8.97. The fourth-order valence-electron chi connectivity index (χ4n) is 5.04. The number of hydrogen-bond acceptors (Lipinski definition) is 6. The Balaban J connectivity index is 1.17. The summed E-state index contributed by atoms with van der Waals surface area (Å²) in [4.78, 5) is 6.95. The molecule has 33 heavy (non-hydrogen) atoms. The lowest BCUT2D eigenvalue weighted by atomic mass is 10.0. The maximum absolute atomic E-state index is 14.0. The molecule has 0 amide bonds. The quantitative estimate of drug-likeness (QED) is 0.560. The molecule has 3 aromatic rings. The van der Waals surface area contributed by atoms with E-state index in [1.807, 2.05) is 18.2 Å². The van der Waals surface area contributed by atoms with Gasteiger partial charge in [-0.15, -0.1) is 10.2 Å². The van der Waals surface area contributed by atoms with Crippen molar-refractivity contribution < 1.29 is 17.9 Å². The molecule has 3 heterocycles. The van der Waals surface area contributed by atoms with E-state index in [9.17, 15) is 13.2 Å². The Labute approximate surface area is 189 Å². The molecule has 2 aromatic heterocycles. The van der Waals surface area contributed by atoms with E-state index in [0.717, 1.165) is 44.2 Å². The zero-order valence-corrected chi connectivity index (χ0v) is 18.1. The number of nitrogens with zero attached hydrogens (tertiary/aromatic N) is 4. The van der Waals surface area contributed by atoms with Gasteiger partial charge in [0.05, 0.1) is 18.5 Å². The van der Waals surface area contributed by atoms with Crippen molar-refractivity contribution in [3.05, 3.63) is 65.6 Å². The SMILES string of the molecule is COc1cccc(CN2C[C@H]3CC(Nc4ccc(-c5cc(F)cc(F)c5F)nn4)C[C@H]3C2)n1. The summed E-state index contributed by atoms with van der Waals surface area (Å²) in [5, 5.41) is 11.5. The lowest BCUT2D eigenvalue weighted by Crippen LogP contribution is -2.25. The van der Waals surface area contributed by atoms with E-state index in [1.54, 1.807) is 13.2 Å². The first kappa shape index (κ1) is 21.6. The summed E-state index contributed by atoms with van der Waals surface area (Å²) >= 11 is 0. The molecule has 9 heteroatoms. The Morgan fingerprint density at radius 2 is 1.82 bits per heavy atom. The number of hydrogen-bond donors (Lipinski definition) is 1. The van der Waals surface area contributed by atoms with Crippen molar-refractivity contribution in [2.45, 2.75) is 25.4 Å². The molecule has 172 valence electrons. The van der Waals surface area contributed by atoms with Crippen LogP contribution >= 0.6 is 0 Å². The maximum Gasteiger partial charge on any atom is 0.213 e. The van der Waals surface area contributed by atoms with Crippen LogP contribution in [0.3, 0.4) is 0 Å². The molecular formula is C24H24F3N5O. The Kier molecular flexibility index (Phi) is 5.88. The molecule has 1 aliphatic heterocycles. The van der Waals surface area contributed by atoms with Crippen molar-refractivity contribution in [3.63, 3.8) is 0 Å². The molecule has 1 saturated carbocycles. The molecule has 0 bridgehead atoms. The molecule has 3 atom stereocenters. The van der Waals surface area contributed by atoms with Gasteiger partial charge in [-0.2, -0.15) is 0 Å². The average molecular weight is 455 g/mol. The number of methoxy groups -OCH3 is 1. The van der Waals surface area contributed by atoms with Crippen LogP contribution in [0.4, 0.5) is 19.0 Å². The molecule has 1 unspecified atom stereocenters. The normalized spacial score (nSPS) is 22.4. The summed E-state index contributed by atoms with van der Waals surface area (Å²) in [5.41, 5.74) is 0.850. The highest BCUT2D eigenvalue weighted by Crippen LogP contribution is 2.39. The number of likely N-dealkylation sites (tertiary alicyclic amines) is 1. The van der Waals surface area contributed by atoms with E-state index < -0.39 is 17.5 Å². The number of nitrogens with one attached hydrogen (secondary N) is 1. The number of anilines is 1. The fraction of sp³-hybridized carbons (Fsp3) is 0.375. The lowest BCUT2D eigenvalue weighted by molar-refractivity contribution is 0.295. The van der Waals surface area contributed by atoms with Crippen molar-refractivity contribution in [1.82, 2.24) is 20.1 Å². The first-order chi connectivity index (χ1) is 16.0. The van der Waals surface area contributed by atoms with Crippen LogP contribution in [-0.2, 0) is 6.54 Å². The third-order valence-electron chi connectivity index (χ3n) is 6.49. The van der Waals surface area contributed by atoms with E-state index in [2.05, 4.69) is 25.4 Å². The molecule has 2 fully saturated rings. The largest absolute Gasteiger partial charge is 0.481 e. The number of halogens is 3. The lowest BCUT2D eigenvalue weighted by Gasteiger charge is -2.19. The topological polar surface area (TPSA) is 63.2 Å². The van der Waals surface area contributed by atoms with Crippen molar-refractivity contribution in [2.75, 3.05) is 25.5 Å². The van der Waals surface area contributed by atoms with Crippen LogP contribution < -0.4 is 10.1 Å². The van der Waals surface area contributed by atoms with Crippen LogP contribution in [0, 0.1) is 29.3 Å². The smallest absolute Gasteiger partial charge is 0.213 e.